The van der Waals surface area contributed by atoms with Gasteiger partial charge in [-0.15, -0.1) is 33.6 Å². The highest BCUT2D eigenvalue weighted by Crippen LogP contribution is 2.44. The van der Waals surface area contributed by atoms with E-state index in [0.717, 1.165) is 12.4 Å². The summed E-state index contributed by atoms with van der Waals surface area (Å²) >= 11 is 1.82. The molecule has 0 saturated carbocycles. The summed E-state index contributed by atoms with van der Waals surface area (Å²) in [6, 6.07) is 19.5. The first-order valence-electron chi connectivity index (χ1n) is 19.3. The Bertz CT molecular complexity index is 2840. The molecule has 0 unspecified atom stereocenters. The summed E-state index contributed by atoms with van der Waals surface area (Å²) in [5.41, 5.74) is -38.1. The Hall–Kier alpha value is -5.54. The molecule has 0 aliphatic carbocycles. The summed E-state index contributed by atoms with van der Waals surface area (Å²) < 4.78 is 425. The van der Waals surface area contributed by atoms with Crippen molar-refractivity contribution in [3.63, 3.8) is 0 Å². The van der Waals surface area contributed by atoms with Gasteiger partial charge in [0.05, 0.1) is 33.8 Å². The third-order valence-electron chi connectivity index (χ3n) is 10.4. The fourth-order valence-electron chi connectivity index (χ4n) is 7.67. The van der Waals surface area contributed by atoms with Crippen molar-refractivity contribution in [1.82, 2.24) is 0 Å². The van der Waals surface area contributed by atoms with Crippen LogP contribution in [0.2, 0.25) is 0 Å². The standard InChI is InChI=1S/C28BF28.C15H16IOS/c30-9-1(25(46,47)48)5(13(34)21(42)17(9)38)29(6-2(26(49,50)51)10(31)18(39)22(43)14(6)35,7-3(27(52,53)54)11(32)19(40)23(44)15(7)36)8-4(28(55,56)57)12(33)20(41)24(45)16(8)37;1-17-11-12-18-15-10-6-5-9-14(15)16-13-7-3-2-4-8-13/h;2-10H,11-12H2,1H3/q-1;+1. The normalized spacial score (nSPS) is 12.6. The third-order valence-corrected chi connectivity index (χ3v) is 14.7. The highest BCUT2D eigenvalue weighted by molar-refractivity contribution is 7.99. The molecule has 0 N–H and O–H groups in total. The van der Waals surface area contributed by atoms with Gasteiger partial charge in [-0.2, -0.15) is 52.7 Å². The second kappa shape index (κ2) is 21.8. The first kappa shape index (κ1) is 60.3. The van der Waals surface area contributed by atoms with Crippen molar-refractivity contribution < 1.29 is 149 Å². The fourth-order valence-corrected chi connectivity index (χ4v) is 11.5. The summed E-state index contributed by atoms with van der Waals surface area (Å²) in [7, 11) is 1.75. The van der Waals surface area contributed by atoms with Crippen molar-refractivity contribution in [2.45, 2.75) is 29.6 Å². The number of thioether (sulfide) groups is 1. The van der Waals surface area contributed by atoms with Crippen LogP contribution in [0.5, 0.6) is 0 Å². The molecule has 0 atom stereocenters. The molecule has 0 amide bonds. The van der Waals surface area contributed by atoms with Crippen molar-refractivity contribution in [3.8, 4) is 0 Å². The van der Waals surface area contributed by atoms with E-state index >= 15 is 35.1 Å². The molecule has 0 aliphatic heterocycles. The molecule has 6 aromatic carbocycles. The molecule has 0 aromatic heterocycles. The Balaban J connectivity index is 0.000000483. The van der Waals surface area contributed by atoms with Crippen molar-refractivity contribution >= 4 is 39.8 Å². The van der Waals surface area contributed by atoms with Gasteiger partial charge in [0.15, 0.2) is 73.4 Å². The van der Waals surface area contributed by atoms with E-state index in [-0.39, 0.29) is 21.2 Å². The van der Waals surface area contributed by atoms with Crippen molar-refractivity contribution in [2.75, 3.05) is 19.5 Å². The van der Waals surface area contributed by atoms with Crippen LogP contribution < -0.4 is 43.1 Å². The van der Waals surface area contributed by atoms with E-state index in [1.165, 1.54) is 12.0 Å². The van der Waals surface area contributed by atoms with Gasteiger partial charge < -0.3 is 4.74 Å². The van der Waals surface area contributed by atoms with Gasteiger partial charge in [0.25, 0.3) is 0 Å². The zero-order valence-electron chi connectivity index (χ0n) is 35.5. The van der Waals surface area contributed by atoms with Crippen molar-refractivity contribution in [3.05, 3.63) is 177 Å². The topological polar surface area (TPSA) is 9.23 Å². The highest BCUT2D eigenvalue weighted by atomic mass is 127. The van der Waals surface area contributed by atoms with Gasteiger partial charge in [-0.1, -0.05) is 30.3 Å². The monoisotopic (exact) mass is 1250 g/mol. The average molecular weight is 1250 g/mol. The molecule has 0 spiro atoms. The van der Waals surface area contributed by atoms with E-state index in [1.54, 1.807) is 7.11 Å². The van der Waals surface area contributed by atoms with Crippen LogP contribution >= 0.6 is 11.8 Å². The lowest BCUT2D eigenvalue weighted by atomic mass is 9.11. The van der Waals surface area contributed by atoms with Gasteiger partial charge in [0, 0.05) is 12.9 Å². The second-order valence-electron chi connectivity index (χ2n) is 14.7. The molecule has 6 rings (SSSR count). The summed E-state index contributed by atoms with van der Waals surface area (Å²) in [5, 5.41) is 0. The minimum absolute atomic E-state index is 0.0769. The van der Waals surface area contributed by atoms with Crippen molar-refractivity contribution in [2.24, 2.45) is 0 Å². The Morgan fingerprint density at radius 1 is 0.373 bits per heavy atom. The van der Waals surface area contributed by atoms with E-state index in [1.807, 2.05) is 11.8 Å². The van der Waals surface area contributed by atoms with Gasteiger partial charge in [0.1, 0.15) is 29.4 Å². The van der Waals surface area contributed by atoms with E-state index in [4.69, 9.17) is 4.74 Å². The predicted molar refractivity (Wildman–Crippen MR) is 202 cm³/mol. The molecule has 75 heavy (non-hydrogen) atoms. The largest absolute Gasteiger partial charge is 0.416 e. The lowest BCUT2D eigenvalue weighted by Gasteiger charge is -2.49. The number of methoxy groups -OCH3 is 1. The van der Waals surface area contributed by atoms with Crippen LogP contribution in [0.25, 0.3) is 0 Å². The Labute approximate surface area is 413 Å². The van der Waals surface area contributed by atoms with Gasteiger partial charge in [-0.25, -0.2) is 70.2 Å². The van der Waals surface area contributed by atoms with E-state index in [2.05, 4.69) is 54.6 Å². The molecule has 1 nitrogen and oxygen atoms in total. The maximum atomic E-state index is 16.0. The molecule has 0 aliphatic rings. The quantitative estimate of drug-likeness (QED) is 0.0257. The van der Waals surface area contributed by atoms with Crippen LogP contribution in [0.15, 0.2) is 59.5 Å². The summed E-state index contributed by atoms with van der Waals surface area (Å²) in [4.78, 5) is 1.41. The third kappa shape index (κ3) is 10.9. The van der Waals surface area contributed by atoms with Gasteiger partial charge in [0.2, 0.25) is 3.57 Å². The molecule has 0 saturated heterocycles. The van der Waals surface area contributed by atoms with Gasteiger partial charge >= 0.3 is 45.9 Å². The van der Waals surface area contributed by atoms with Crippen LogP contribution in [0.3, 0.4) is 0 Å². The second-order valence-corrected chi connectivity index (χ2v) is 18.8. The molecular weight excluding hydrogens is 1230 g/mol. The van der Waals surface area contributed by atoms with Crippen molar-refractivity contribution in [1.29, 1.82) is 0 Å². The molecule has 0 fully saturated rings. The summed E-state index contributed by atoms with van der Waals surface area (Å²) in [5.74, 6) is -68.8. The summed E-state index contributed by atoms with van der Waals surface area (Å²) in [6.07, 6.45) is -39.5. The van der Waals surface area contributed by atoms with Crippen LogP contribution in [0.4, 0.5) is 123 Å². The average Bonchev–Trinajstić information content (AvgIpc) is 3.31. The highest BCUT2D eigenvalue weighted by Gasteiger charge is 2.59. The maximum Gasteiger partial charge on any atom is 0.416 e. The lowest BCUT2D eigenvalue weighted by Crippen LogP contribution is -3.61. The number of rotatable bonds is 10. The molecular formula is C43H16BF28IOS. The number of hydrogen-bond acceptors (Lipinski definition) is 2. The summed E-state index contributed by atoms with van der Waals surface area (Å²) in [6.45, 7) is 0.808. The predicted octanol–water partition coefficient (Wildman–Crippen LogP) is 9.92. The maximum absolute atomic E-state index is 16.0. The fraction of sp³-hybridized carbons (Fsp3) is 0.163. The van der Waals surface area contributed by atoms with E-state index in [9.17, 15) is 87.8 Å². The SMILES string of the molecule is COCCSc1ccccc1[I+]c1ccccc1.Fc1c(F)c(F)c(C(F)(F)F)c([B-](c2c(F)c(F)c(F)c(F)c2C(F)(F)F)(c2c(F)c(F)c(F)c(F)c2C(F)(F)F)c2c(F)c(F)c(F)c(F)c2C(F)(F)F)c1F. The number of alkyl halides is 12. The molecule has 0 radical (unpaired) electrons. The minimum atomic E-state index is -8.89. The lowest BCUT2D eigenvalue weighted by molar-refractivity contribution is -0.601. The van der Waals surface area contributed by atoms with E-state index in [0.29, 0.717) is 0 Å². The molecule has 6 aromatic rings. The van der Waals surface area contributed by atoms with Gasteiger partial charge in [-0.05, 0) is 24.3 Å². The number of hydrogen-bond donors (Lipinski definition) is 0. The van der Waals surface area contributed by atoms with E-state index < -0.39 is 168 Å². The Morgan fingerprint density at radius 2 is 0.640 bits per heavy atom. The molecule has 406 valence electrons. The number of ether oxygens (including phenoxy) is 1. The minimum Gasteiger partial charge on any atom is -0.384 e. The smallest absolute Gasteiger partial charge is 0.384 e. The Kier molecular flexibility index (Phi) is 17.6. The zero-order chi connectivity index (χ0) is 57.0. The molecule has 0 bridgehead atoms. The number of benzene rings is 6. The first-order valence-corrected chi connectivity index (χ1v) is 22.4. The van der Waals surface area contributed by atoms with Crippen LogP contribution in [-0.2, 0) is 29.4 Å². The first-order chi connectivity index (χ1) is 34.4. The van der Waals surface area contributed by atoms with Crippen LogP contribution in [-0.4, -0.2) is 25.6 Å². The van der Waals surface area contributed by atoms with Crippen LogP contribution in [0, 0.1) is 100 Å². The molecule has 0 heterocycles. The van der Waals surface area contributed by atoms with Gasteiger partial charge in [-0.3, -0.25) is 0 Å². The van der Waals surface area contributed by atoms with Crippen LogP contribution in [0.1, 0.15) is 22.3 Å². The zero-order valence-corrected chi connectivity index (χ0v) is 38.4. The Morgan fingerprint density at radius 3 is 0.920 bits per heavy atom. The number of halogens is 29. The molecule has 32 heteroatoms.